The molecule has 234 valence electrons. The molecule has 39 heavy (non-hydrogen) atoms. The van der Waals surface area contributed by atoms with Gasteiger partial charge in [0, 0.05) is 6.10 Å². The van der Waals surface area contributed by atoms with E-state index in [1.807, 2.05) is 12.2 Å². The van der Waals surface area contributed by atoms with Crippen molar-refractivity contribution in [2.75, 3.05) is 0 Å². The Morgan fingerprint density at radius 3 is 1.38 bits per heavy atom. The minimum Gasteiger partial charge on any atom is -0.414 e. The first-order chi connectivity index (χ1) is 18.6. The molecule has 2 nitrogen and oxygen atoms in total. The Labute approximate surface area is 249 Å². The summed E-state index contributed by atoms with van der Waals surface area (Å²) in [5, 5.41) is 10.0. The van der Waals surface area contributed by atoms with Crippen molar-refractivity contribution in [2.45, 2.75) is 206 Å². The molecule has 2 atom stereocenters. The summed E-state index contributed by atoms with van der Waals surface area (Å²) in [5.41, 5.74) is 0. The fraction of sp³-hybridized carbons (Fsp3) is 0.889. The van der Waals surface area contributed by atoms with Gasteiger partial charge in [0.25, 0.3) is 0 Å². The lowest BCUT2D eigenvalue weighted by atomic mass is 10.0. The quantitative estimate of drug-likeness (QED) is 0.0641. The molecule has 0 fully saturated rings. The molecular weight excluding hydrogens is 492 g/mol. The molecule has 0 unspecified atom stereocenters. The van der Waals surface area contributed by atoms with E-state index in [2.05, 4.69) is 60.9 Å². The number of unbranched alkanes of at least 4 members (excludes halogenated alkanes) is 14. The fourth-order valence-corrected chi connectivity index (χ4v) is 6.06. The summed E-state index contributed by atoms with van der Waals surface area (Å²) in [6, 6.07) is 0. The van der Waals surface area contributed by atoms with Crippen molar-refractivity contribution < 1.29 is 9.53 Å². The monoisotopic (exact) mass is 567 g/mol. The smallest absolute Gasteiger partial charge is 0.192 e. The third-order valence-corrected chi connectivity index (χ3v) is 13.0. The van der Waals surface area contributed by atoms with Gasteiger partial charge in [-0.25, -0.2) is 0 Å². The van der Waals surface area contributed by atoms with Crippen LogP contribution in [0.15, 0.2) is 25.3 Å². The van der Waals surface area contributed by atoms with E-state index >= 15 is 0 Å². The van der Waals surface area contributed by atoms with Crippen LogP contribution in [-0.4, -0.2) is 25.6 Å². The average Bonchev–Trinajstić information content (AvgIpc) is 2.88. The zero-order valence-corrected chi connectivity index (χ0v) is 29.1. The molecule has 0 aliphatic carbocycles. The highest BCUT2D eigenvalue weighted by molar-refractivity contribution is 6.74. The van der Waals surface area contributed by atoms with Gasteiger partial charge in [-0.3, -0.25) is 0 Å². The van der Waals surface area contributed by atoms with Gasteiger partial charge in [0.1, 0.15) is 0 Å². The first kappa shape index (κ1) is 40.8. The van der Waals surface area contributed by atoms with Crippen LogP contribution in [0.1, 0.15) is 176 Å². The van der Waals surface area contributed by atoms with Gasteiger partial charge >= 0.3 is 0 Å². The highest BCUT2D eigenvalue weighted by Gasteiger charge is 2.38. The van der Waals surface area contributed by atoms with E-state index in [-0.39, 0.29) is 6.10 Å². The van der Waals surface area contributed by atoms with E-state index in [1.54, 1.807) is 0 Å². The lowest BCUT2D eigenvalue weighted by Crippen LogP contribution is -2.44. The van der Waals surface area contributed by atoms with Crippen LogP contribution in [0.3, 0.4) is 0 Å². The summed E-state index contributed by atoms with van der Waals surface area (Å²) < 4.78 is 6.72. The van der Waals surface area contributed by atoms with Gasteiger partial charge in [-0.1, -0.05) is 137 Å². The second kappa shape index (κ2) is 27.8. The molecule has 0 saturated heterocycles. The largest absolute Gasteiger partial charge is 0.414 e. The number of aliphatic hydroxyl groups excluding tert-OH is 1. The minimum atomic E-state index is -1.64. The number of aliphatic hydroxyl groups is 1. The molecule has 0 radical (unpaired) electrons. The van der Waals surface area contributed by atoms with Crippen molar-refractivity contribution in [3.8, 4) is 0 Å². The lowest BCUT2D eigenvalue weighted by Gasteiger charge is -2.39. The number of hydrogen-bond acceptors (Lipinski definition) is 2. The Bertz CT molecular complexity index is 523. The predicted molar refractivity (Wildman–Crippen MR) is 181 cm³/mol. The van der Waals surface area contributed by atoms with E-state index in [0.717, 1.165) is 32.1 Å². The van der Waals surface area contributed by atoms with E-state index in [9.17, 15) is 5.11 Å². The first-order valence-electron chi connectivity index (χ1n) is 17.1. The Morgan fingerprint density at radius 1 is 0.615 bits per heavy atom. The van der Waals surface area contributed by atoms with Gasteiger partial charge < -0.3 is 9.53 Å². The van der Waals surface area contributed by atoms with E-state index in [1.165, 1.54) is 109 Å². The molecule has 0 aromatic rings. The molecule has 0 aromatic heterocycles. The second-order valence-corrected chi connectivity index (χ2v) is 18.2. The van der Waals surface area contributed by atoms with Crippen LogP contribution in [0.25, 0.3) is 0 Å². The van der Waals surface area contributed by atoms with E-state index in [4.69, 9.17) is 4.43 Å². The van der Waals surface area contributed by atoms with E-state index < -0.39 is 8.32 Å². The van der Waals surface area contributed by atoms with Crippen molar-refractivity contribution in [3.63, 3.8) is 0 Å². The van der Waals surface area contributed by atoms with Crippen LogP contribution in [0.4, 0.5) is 0 Å². The van der Waals surface area contributed by atoms with Gasteiger partial charge in [-0.05, 0) is 69.5 Å². The molecule has 0 spiro atoms. The maximum absolute atomic E-state index is 9.73. The van der Waals surface area contributed by atoms with Crippen LogP contribution < -0.4 is 0 Å². The molecule has 1 N–H and O–H groups in total. The second-order valence-electron chi connectivity index (χ2n) is 13.4. The number of rotatable bonds is 26. The van der Waals surface area contributed by atoms with Crippen LogP contribution >= 0.6 is 0 Å². The highest BCUT2D eigenvalue weighted by atomic mass is 28.4. The summed E-state index contributed by atoms with van der Waals surface area (Å²) in [6.45, 7) is 23.9. The standard InChI is InChI=1S/C21H44OSi.C15H30O/c1-8-10-12-14-15-17-19-20(18-16-13-11-9-2)22-23(6,7)21(3,4)5;1-3-5-7-9-10-12-14-15(16)13-11-8-6-4-2/h9,20H,2,8,10-19H2,1,3-7H3;4,15-16H,2-3,5-14H2,1H3/t20-;15-/m01/s1. The molecule has 0 rings (SSSR count). The van der Waals surface area contributed by atoms with Crippen molar-refractivity contribution in [3.05, 3.63) is 25.3 Å². The Morgan fingerprint density at radius 2 is 0.974 bits per heavy atom. The molecule has 0 amide bonds. The van der Waals surface area contributed by atoms with Gasteiger partial charge in [-0.15, -0.1) is 13.2 Å². The first-order valence-corrected chi connectivity index (χ1v) is 20.0. The van der Waals surface area contributed by atoms with Crippen LogP contribution in [-0.2, 0) is 4.43 Å². The summed E-state index contributed by atoms with van der Waals surface area (Å²) >= 11 is 0. The molecule has 0 saturated carbocycles. The predicted octanol–water partition coefficient (Wildman–Crippen LogP) is 12.7. The summed E-state index contributed by atoms with van der Waals surface area (Å²) in [4.78, 5) is 0. The maximum Gasteiger partial charge on any atom is 0.192 e. The van der Waals surface area contributed by atoms with Gasteiger partial charge in [-0.2, -0.15) is 0 Å². The molecular formula is C36H74O2Si. The Kier molecular flexibility index (Phi) is 29.0. The number of hydrogen-bond donors (Lipinski definition) is 1. The summed E-state index contributed by atoms with van der Waals surface area (Å²) in [7, 11) is -1.64. The van der Waals surface area contributed by atoms with Crippen LogP contribution in [0.2, 0.25) is 18.1 Å². The molecule has 0 bridgehead atoms. The lowest BCUT2D eigenvalue weighted by molar-refractivity contribution is 0.147. The Balaban J connectivity index is 0. The SMILES string of the molecule is C=CCCCC[C@@H](CCCCCCCC)O[Si](C)(C)C(C)(C)C.C=CCCCC[C@@H](O)CCCCCCCC. The maximum atomic E-state index is 9.73. The van der Waals surface area contributed by atoms with Crippen LogP contribution in [0.5, 0.6) is 0 Å². The molecule has 0 aromatic carbocycles. The van der Waals surface area contributed by atoms with Crippen LogP contribution in [0, 0.1) is 0 Å². The highest BCUT2D eigenvalue weighted by Crippen LogP contribution is 2.38. The van der Waals surface area contributed by atoms with Gasteiger partial charge in [0.05, 0.1) is 6.10 Å². The van der Waals surface area contributed by atoms with Crippen molar-refractivity contribution in [2.24, 2.45) is 0 Å². The van der Waals surface area contributed by atoms with Gasteiger partial charge in [0.15, 0.2) is 8.32 Å². The zero-order chi connectivity index (χ0) is 29.8. The third kappa shape index (κ3) is 27.6. The third-order valence-electron chi connectivity index (χ3n) is 8.42. The minimum absolute atomic E-state index is 0.0593. The van der Waals surface area contributed by atoms with Gasteiger partial charge in [0.2, 0.25) is 0 Å². The molecule has 0 aliphatic rings. The Hall–Kier alpha value is -0.383. The average molecular weight is 567 g/mol. The molecule has 0 aliphatic heterocycles. The number of allylic oxidation sites excluding steroid dienone is 2. The zero-order valence-electron chi connectivity index (χ0n) is 28.1. The summed E-state index contributed by atoms with van der Waals surface area (Å²) in [5.74, 6) is 0. The normalized spacial score (nSPS) is 13.4. The summed E-state index contributed by atoms with van der Waals surface area (Å²) in [6.07, 6.45) is 32.1. The topological polar surface area (TPSA) is 29.5 Å². The van der Waals surface area contributed by atoms with Crippen molar-refractivity contribution in [1.29, 1.82) is 0 Å². The van der Waals surface area contributed by atoms with Crippen molar-refractivity contribution in [1.82, 2.24) is 0 Å². The molecule has 3 heteroatoms. The fourth-order valence-electron chi connectivity index (χ4n) is 4.64. The van der Waals surface area contributed by atoms with E-state index in [0.29, 0.717) is 11.1 Å². The molecule has 0 heterocycles. The van der Waals surface area contributed by atoms with Crippen molar-refractivity contribution >= 4 is 8.32 Å².